The Kier molecular flexibility index (Phi) is 7.96. The maximum Gasteiger partial charge on any atom is 0.233 e. The van der Waals surface area contributed by atoms with Gasteiger partial charge in [0.25, 0.3) is 0 Å². The van der Waals surface area contributed by atoms with Crippen LogP contribution in [0.15, 0.2) is 0 Å². The topological polar surface area (TPSA) is 53.6 Å². The summed E-state index contributed by atoms with van der Waals surface area (Å²) in [6.45, 7) is 8.97. The molecule has 1 aliphatic rings. The van der Waals surface area contributed by atoms with Gasteiger partial charge in [-0.3, -0.25) is 9.69 Å². The van der Waals surface area contributed by atoms with Crippen molar-refractivity contribution in [1.29, 1.82) is 0 Å². The van der Waals surface area contributed by atoms with Crippen LogP contribution in [0.2, 0.25) is 0 Å². The number of carbonyl (C=O) groups excluding carboxylic acids is 1. The first-order valence-electron chi connectivity index (χ1n) is 6.60. The molecule has 1 heterocycles. The Labute approximate surface area is 104 Å². The maximum absolute atomic E-state index is 11.4. The quantitative estimate of drug-likeness (QED) is 0.581. The number of hydrogen-bond acceptors (Lipinski definition) is 4. The minimum absolute atomic E-state index is 0.0976. The molecule has 1 amide bonds. The Hall–Kier alpha value is -0.650. The summed E-state index contributed by atoms with van der Waals surface area (Å²) in [4.78, 5) is 13.7. The number of rotatable bonds is 8. The third-order valence-corrected chi connectivity index (χ3v) is 2.79. The van der Waals surface area contributed by atoms with Crippen LogP contribution in [0.25, 0.3) is 0 Å². The van der Waals surface area contributed by atoms with Gasteiger partial charge in [-0.2, -0.15) is 0 Å². The molecule has 1 saturated heterocycles. The third-order valence-electron chi connectivity index (χ3n) is 2.79. The van der Waals surface area contributed by atoms with Crippen LogP contribution in [0, 0.1) is 0 Å². The number of nitrogens with zero attached hydrogens (tertiary/aromatic N) is 1. The van der Waals surface area contributed by atoms with Crippen molar-refractivity contribution in [3.63, 3.8) is 0 Å². The van der Waals surface area contributed by atoms with Crippen LogP contribution in [0.5, 0.6) is 0 Å². The van der Waals surface area contributed by atoms with Crippen LogP contribution in [0.1, 0.15) is 19.8 Å². The van der Waals surface area contributed by atoms with Gasteiger partial charge in [-0.05, 0) is 25.9 Å². The van der Waals surface area contributed by atoms with E-state index in [0.717, 1.165) is 58.8 Å². The summed E-state index contributed by atoms with van der Waals surface area (Å²) in [5, 5.41) is 6.01. The molecule has 5 nitrogen and oxygen atoms in total. The number of carbonyl (C=O) groups is 1. The summed E-state index contributed by atoms with van der Waals surface area (Å²) < 4.78 is 5.28. The molecular weight excluding hydrogens is 218 g/mol. The van der Waals surface area contributed by atoms with Crippen LogP contribution in [-0.2, 0) is 9.53 Å². The molecule has 1 aliphatic heterocycles. The number of nitrogens with one attached hydrogen (secondary N) is 2. The van der Waals surface area contributed by atoms with Gasteiger partial charge in [0.05, 0.1) is 19.8 Å². The second kappa shape index (κ2) is 9.39. The fourth-order valence-corrected chi connectivity index (χ4v) is 1.80. The largest absolute Gasteiger partial charge is 0.379 e. The van der Waals surface area contributed by atoms with E-state index in [0.29, 0.717) is 6.54 Å². The average Bonchev–Trinajstić information content (AvgIpc) is 2.36. The molecule has 0 bridgehead atoms. The number of morpholine rings is 1. The van der Waals surface area contributed by atoms with Crippen molar-refractivity contribution < 1.29 is 9.53 Å². The van der Waals surface area contributed by atoms with E-state index in [1.54, 1.807) is 0 Å². The lowest BCUT2D eigenvalue weighted by molar-refractivity contribution is -0.120. The highest BCUT2D eigenvalue weighted by molar-refractivity contribution is 5.77. The van der Waals surface area contributed by atoms with Crippen molar-refractivity contribution in [3.05, 3.63) is 0 Å². The number of hydrogen-bond donors (Lipinski definition) is 2. The molecule has 100 valence electrons. The molecule has 0 saturated carbocycles. The van der Waals surface area contributed by atoms with Gasteiger partial charge in [-0.25, -0.2) is 0 Å². The van der Waals surface area contributed by atoms with Crippen molar-refractivity contribution in [2.45, 2.75) is 19.8 Å². The lowest BCUT2D eigenvalue weighted by Gasteiger charge is -2.26. The van der Waals surface area contributed by atoms with E-state index in [-0.39, 0.29) is 5.91 Å². The highest BCUT2D eigenvalue weighted by Crippen LogP contribution is 1.97. The number of ether oxygens (including phenoxy) is 1. The van der Waals surface area contributed by atoms with Gasteiger partial charge in [0.1, 0.15) is 0 Å². The van der Waals surface area contributed by atoms with E-state index in [1.165, 1.54) is 0 Å². The second-order valence-corrected chi connectivity index (χ2v) is 4.33. The van der Waals surface area contributed by atoms with E-state index in [2.05, 4.69) is 22.5 Å². The number of amides is 1. The standard InChI is InChI=1S/C12H25N3O2/c1-2-4-13-11-12(16)14-5-3-6-15-7-9-17-10-8-15/h13H,2-11H2,1H3,(H,14,16). The van der Waals surface area contributed by atoms with Crippen LogP contribution in [-0.4, -0.2) is 63.3 Å². The Morgan fingerprint density at radius 3 is 2.76 bits per heavy atom. The van der Waals surface area contributed by atoms with E-state index in [4.69, 9.17) is 4.74 Å². The zero-order chi connectivity index (χ0) is 12.3. The van der Waals surface area contributed by atoms with Crippen molar-refractivity contribution in [3.8, 4) is 0 Å². The minimum Gasteiger partial charge on any atom is -0.379 e. The van der Waals surface area contributed by atoms with Crippen molar-refractivity contribution in [1.82, 2.24) is 15.5 Å². The molecule has 0 radical (unpaired) electrons. The fourth-order valence-electron chi connectivity index (χ4n) is 1.80. The monoisotopic (exact) mass is 243 g/mol. The van der Waals surface area contributed by atoms with Crippen LogP contribution in [0.3, 0.4) is 0 Å². The van der Waals surface area contributed by atoms with Gasteiger partial charge in [0, 0.05) is 19.6 Å². The molecule has 2 N–H and O–H groups in total. The van der Waals surface area contributed by atoms with Gasteiger partial charge in [-0.1, -0.05) is 6.92 Å². The fraction of sp³-hybridized carbons (Fsp3) is 0.917. The van der Waals surface area contributed by atoms with Crippen LogP contribution < -0.4 is 10.6 Å². The average molecular weight is 243 g/mol. The predicted octanol–water partition coefficient (Wildman–Crippen LogP) is -0.175. The summed E-state index contributed by atoms with van der Waals surface area (Å²) in [6, 6.07) is 0. The maximum atomic E-state index is 11.4. The van der Waals surface area contributed by atoms with E-state index in [1.807, 2.05) is 0 Å². The second-order valence-electron chi connectivity index (χ2n) is 4.33. The van der Waals surface area contributed by atoms with E-state index < -0.39 is 0 Å². The molecule has 0 aromatic carbocycles. The first-order valence-corrected chi connectivity index (χ1v) is 6.60. The molecule has 0 unspecified atom stereocenters. The molecule has 0 aromatic heterocycles. The Bertz CT molecular complexity index is 206. The molecule has 17 heavy (non-hydrogen) atoms. The lowest BCUT2D eigenvalue weighted by atomic mass is 10.3. The molecular formula is C12H25N3O2. The summed E-state index contributed by atoms with van der Waals surface area (Å²) >= 11 is 0. The Balaban J connectivity index is 1.90. The lowest BCUT2D eigenvalue weighted by Crippen LogP contribution is -2.39. The molecule has 1 fully saturated rings. The summed E-state index contributed by atoms with van der Waals surface area (Å²) in [6.07, 6.45) is 2.07. The molecule has 0 spiro atoms. The first-order chi connectivity index (χ1) is 8.33. The zero-order valence-corrected chi connectivity index (χ0v) is 10.8. The molecule has 0 aromatic rings. The molecule has 1 rings (SSSR count). The first kappa shape index (κ1) is 14.4. The Morgan fingerprint density at radius 1 is 1.29 bits per heavy atom. The highest BCUT2D eigenvalue weighted by Gasteiger charge is 2.09. The molecule has 0 aliphatic carbocycles. The zero-order valence-electron chi connectivity index (χ0n) is 10.8. The van der Waals surface area contributed by atoms with Gasteiger partial charge < -0.3 is 15.4 Å². The summed E-state index contributed by atoms with van der Waals surface area (Å²) in [5.41, 5.74) is 0. The van der Waals surface area contributed by atoms with Gasteiger partial charge in [0.2, 0.25) is 5.91 Å². The van der Waals surface area contributed by atoms with Crippen molar-refractivity contribution in [2.75, 3.05) is 52.5 Å². The third kappa shape index (κ3) is 7.31. The van der Waals surface area contributed by atoms with E-state index >= 15 is 0 Å². The minimum atomic E-state index is 0.0976. The van der Waals surface area contributed by atoms with Crippen molar-refractivity contribution >= 4 is 5.91 Å². The summed E-state index contributed by atoms with van der Waals surface area (Å²) in [5.74, 6) is 0.0976. The van der Waals surface area contributed by atoms with Crippen LogP contribution in [0.4, 0.5) is 0 Å². The van der Waals surface area contributed by atoms with Crippen molar-refractivity contribution in [2.24, 2.45) is 0 Å². The molecule has 0 atom stereocenters. The predicted molar refractivity (Wildman–Crippen MR) is 68.0 cm³/mol. The Morgan fingerprint density at radius 2 is 2.06 bits per heavy atom. The SMILES string of the molecule is CCCNCC(=O)NCCCN1CCOCC1. The normalized spacial score (nSPS) is 17.0. The smallest absolute Gasteiger partial charge is 0.233 e. The van der Waals surface area contributed by atoms with Gasteiger partial charge in [0.15, 0.2) is 0 Å². The van der Waals surface area contributed by atoms with Gasteiger partial charge in [-0.15, -0.1) is 0 Å². The van der Waals surface area contributed by atoms with Crippen LogP contribution >= 0.6 is 0 Å². The highest BCUT2D eigenvalue weighted by atomic mass is 16.5. The summed E-state index contributed by atoms with van der Waals surface area (Å²) in [7, 11) is 0. The van der Waals surface area contributed by atoms with E-state index in [9.17, 15) is 4.79 Å². The molecule has 5 heteroatoms. The van der Waals surface area contributed by atoms with Gasteiger partial charge >= 0.3 is 0 Å².